The zero-order chi connectivity index (χ0) is 28.4. The monoisotopic (exact) mass is 541 g/mol. The minimum atomic E-state index is -0.663. The molecule has 0 unspecified atom stereocenters. The smallest absolute Gasteiger partial charge is 0.201 e. The van der Waals surface area contributed by atoms with Crippen LogP contribution in [0.5, 0.6) is 34.5 Å². The molecule has 5 rings (SSSR count). The third-order valence-electron chi connectivity index (χ3n) is 5.99. The molecule has 0 amide bonds. The Morgan fingerprint density at radius 2 is 1.38 bits per heavy atom. The maximum absolute atomic E-state index is 13.3. The van der Waals surface area contributed by atoms with Crippen LogP contribution < -0.4 is 9.47 Å². The number of rotatable bonds is 7. The molecule has 40 heavy (non-hydrogen) atoms. The highest BCUT2D eigenvalue weighted by atomic mass is 19.1. The first-order valence-corrected chi connectivity index (χ1v) is 12.6. The molecule has 1 heterocycles. The third kappa shape index (κ3) is 5.99. The number of nitrogens with zero attached hydrogens (tertiary/aromatic N) is 3. The molecule has 0 atom stereocenters. The zero-order valence-electron chi connectivity index (χ0n) is 22.2. The Bertz CT molecular complexity index is 1620. The molecule has 0 fully saturated rings. The van der Waals surface area contributed by atoms with Crippen LogP contribution >= 0.6 is 0 Å². The van der Waals surface area contributed by atoms with Gasteiger partial charge in [-0.25, -0.2) is 9.07 Å². The topological polar surface area (TPSA) is 110 Å². The Labute approximate surface area is 230 Å². The summed E-state index contributed by atoms with van der Waals surface area (Å²) in [4.78, 5) is 0. The van der Waals surface area contributed by atoms with Gasteiger partial charge < -0.3 is 24.8 Å². The van der Waals surface area contributed by atoms with Crippen LogP contribution in [0.2, 0.25) is 0 Å². The lowest BCUT2D eigenvalue weighted by atomic mass is 9.99. The molecule has 0 aliphatic heterocycles. The van der Waals surface area contributed by atoms with Gasteiger partial charge in [0.1, 0.15) is 34.4 Å². The maximum Gasteiger partial charge on any atom is 0.201 e. The van der Waals surface area contributed by atoms with E-state index in [0.29, 0.717) is 28.3 Å². The van der Waals surface area contributed by atoms with E-state index in [9.17, 15) is 19.7 Å². The van der Waals surface area contributed by atoms with Crippen LogP contribution in [0.3, 0.4) is 0 Å². The highest BCUT2D eigenvalue weighted by Gasteiger charge is 2.20. The van der Waals surface area contributed by atoms with E-state index in [1.165, 1.54) is 22.9 Å². The molecular formula is C31H28FN3O5. The van der Waals surface area contributed by atoms with Gasteiger partial charge in [0.05, 0.1) is 11.9 Å². The van der Waals surface area contributed by atoms with Crippen molar-refractivity contribution >= 4 is 0 Å². The van der Waals surface area contributed by atoms with Crippen LogP contribution in [0.15, 0.2) is 85.1 Å². The van der Waals surface area contributed by atoms with Gasteiger partial charge in [-0.05, 0) is 93.1 Å². The van der Waals surface area contributed by atoms with Gasteiger partial charge >= 0.3 is 0 Å². The van der Waals surface area contributed by atoms with E-state index in [0.717, 1.165) is 5.75 Å². The first kappa shape index (κ1) is 26.6. The Morgan fingerprint density at radius 3 is 2.00 bits per heavy atom. The molecule has 0 saturated carbocycles. The first-order chi connectivity index (χ1) is 19.1. The van der Waals surface area contributed by atoms with Crippen molar-refractivity contribution < 1.29 is 29.2 Å². The molecule has 0 saturated heterocycles. The highest BCUT2D eigenvalue weighted by Crippen LogP contribution is 2.45. The standard InChI is InChI=1S/C31H28FN3O5/c1-31(2,3)40-25-14-12-24(13-15-25)39-23-10-8-22(9-11-23)35-18-27(33-34-35)26-17-20(28(36)30(38)29(26)37)16-19-4-6-21(32)7-5-19/h4-15,17-18,36-38H,16H2,1-3H3. The first-order valence-electron chi connectivity index (χ1n) is 12.6. The molecule has 0 spiro atoms. The maximum atomic E-state index is 13.3. The van der Waals surface area contributed by atoms with Gasteiger partial charge in [0, 0.05) is 17.5 Å². The summed E-state index contributed by atoms with van der Waals surface area (Å²) >= 11 is 0. The van der Waals surface area contributed by atoms with Gasteiger partial charge in [-0.1, -0.05) is 17.3 Å². The number of aromatic hydroxyl groups is 3. The van der Waals surface area contributed by atoms with E-state index in [-0.39, 0.29) is 29.1 Å². The number of hydrogen-bond acceptors (Lipinski definition) is 7. The molecule has 8 nitrogen and oxygen atoms in total. The Kier molecular flexibility index (Phi) is 7.04. The second kappa shape index (κ2) is 10.6. The molecule has 9 heteroatoms. The van der Waals surface area contributed by atoms with Crippen molar-refractivity contribution in [2.75, 3.05) is 0 Å². The van der Waals surface area contributed by atoms with E-state index in [1.54, 1.807) is 42.6 Å². The fraction of sp³-hybridized carbons (Fsp3) is 0.161. The van der Waals surface area contributed by atoms with E-state index in [1.807, 2.05) is 45.0 Å². The van der Waals surface area contributed by atoms with Crippen molar-refractivity contribution in [3.05, 3.63) is 102 Å². The summed E-state index contributed by atoms with van der Waals surface area (Å²) in [6.07, 6.45) is 1.80. The van der Waals surface area contributed by atoms with Crippen LogP contribution in [-0.4, -0.2) is 35.9 Å². The molecule has 4 aromatic carbocycles. The predicted octanol–water partition coefficient (Wildman–Crippen LogP) is 6.75. The number of ether oxygens (including phenoxy) is 2. The minimum Gasteiger partial charge on any atom is -0.504 e. The average molecular weight is 542 g/mol. The molecule has 0 aliphatic carbocycles. The predicted molar refractivity (Wildman–Crippen MR) is 148 cm³/mol. The number of hydrogen-bond donors (Lipinski definition) is 3. The highest BCUT2D eigenvalue weighted by molar-refractivity contribution is 5.74. The van der Waals surface area contributed by atoms with Gasteiger partial charge in [-0.3, -0.25) is 0 Å². The number of aromatic nitrogens is 3. The van der Waals surface area contributed by atoms with E-state index >= 15 is 0 Å². The molecule has 204 valence electrons. The summed E-state index contributed by atoms with van der Waals surface area (Å²) in [5.74, 6) is 0.0337. The Balaban J connectivity index is 1.33. The van der Waals surface area contributed by atoms with Gasteiger partial charge in [0.2, 0.25) is 5.75 Å². The summed E-state index contributed by atoms with van der Waals surface area (Å²) in [5, 5.41) is 39.6. The van der Waals surface area contributed by atoms with Crippen LogP contribution in [0.25, 0.3) is 16.9 Å². The van der Waals surface area contributed by atoms with Gasteiger partial charge in [-0.15, -0.1) is 5.10 Å². The average Bonchev–Trinajstić information content (AvgIpc) is 3.41. The lowest BCUT2D eigenvalue weighted by Crippen LogP contribution is -2.22. The molecule has 5 aromatic rings. The van der Waals surface area contributed by atoms with E-state index < -0.39 is 17.2 Å². The largest absolute Gasteiger partial charge is 0.504 e. The molecule has 3 N–H and O–H groups in total. The molecule has 0 bridgehead atoms. The Morgan fingerprint density at radius 1 is 0.775 bits per heavy atom. The summed E-state index contributed by atoms with van der Waals surface area (Å²) in [7, 11) is 0. The third-order valence-corrected chi connectivity index (χ3v) is 5.99. The van der Waals surface area contributed by atoms with Gasteiger partial charge in [0.25, 0.3) is 0 Å². The lowest BCUT2D eigenvalue weighted by molar-refractivity contribution is 0.131. The SMILES string of the molecule is CC(C)(C)Oc1ccc(Oc2ccc(-n3cc(-c4cc(Cc5ccc(F)cc5)c(O)c(O)c4O)nn3)cc2)cc1. The van der Waals surface area contributed by atoms with Crippen molar-refractivity contribution in [3.63, 3.8) is 0 Å². The molecule has 1 aromatic heterocycles. The number of benzene rings is 4. The molecule has 0 aliphatic rings. The fourth-order valence-electron chi connectivity index (χ4n) is 4.10. The van der Waals surface area contributed by atoms with Crippen molar-refractivity contribution in [1.82, 2.24) is 15.0 Å². The van der Waals surface area contributed by atoms with Crippen LogP contribution in [0.1, 0.15) is 31.9 Å². The number of phenolic OH excluding ortho intramolecular Hbond substituents is 3. The van der Waals surface area contributed by atoms with Gasteiger partial charge in [0.15, 0.2) is 11.5 Å². The zero-order valence-corrected chi connectivity index (χ0v) is 22.2. The second-order valence-electron chi connectivity index (χ2n) is 10.3. The van der Waals surface area contributed by atoms with Crippen LogP contribution in [0, 0.1) is 5.82 Å². The summed E-state index contributed by atoms with van der Waals surface area (Å²) < 4.78 is 26.6. The van der Waals surface area contributed by atoms with Crippen molar-refractivity contribution in [2.24, 2.45) is 0 Å². The van der Waals surface area contributed by atoms with Crippen molar-refractivity contribution in [1.29, 1.82) is 0 Å². The summed E-state index contributed by atoms with van der Waals surface area (Å²) in [6, 6.07) is 21.9. The normalized spacial score (nSPS) is 11.4. The second-order valence-corrected chi connectivity index (χ2v) is 10.3. The summed E-state index contributed by atoms with van der Waals surface area (Å²) in [5.41, 5.74) is 1.93. The molecular weight excluding hydrogens is 513 g/mol. The van der Waals surface area contributed by atoms with Crippen LogP contribution in [0.4, 0.5) is 4.39 Å². The van der Waals surface area contributed by atoms with Crippen molar-refractivity contribution in [2.45, 2.75) is 32.8 Å². The lowest BCUT2D eigenvalue weighted by Gasteiger charge is -2.21. The van der Waals surface area contributed by atoms with E-state index in [2.05, 4.69) is 10.3 Å². The van der Waals surface area contributed by atoms with Crippen molar-refractivity contribution in [3.8, 4) is 51.4 Å². The number of phenols is 3. The molecule has 0 radical (unpaired) electrons. The van der Waals surface area contributed by atoms with E-state index in [4.69, 9.17) is 9.47 Å². The number of halogens is 1. The summed E-state index contributed by atoms with van der Waals surface area (Å²) in [6.45, 7) is 5.96. The fourth-order valence-corrected chi connectivity index (χ4v) is 4.10. The quantitative estimate of drug-likeness (QED) is 0.196. The van der Waals surface area contributed by atoms with Gasteiger partial charge in [-0.2, -0.15) is 0 Å². The van der Waals surface area contributed by atoms with Crippen LogP contribution in [-0.2, 0) is 6.42 Å². The minimum absolute atomic E-state index is 0.192. The Hall–Kier alpha value is -5.05.